The third kappa shape index (κ3) is 6.65. The Labute approximate surface area is 230 Å². The van der Waals surface area contributed by atoms with Crippen molar-refractivity contribution in [3.63, 3.8) is 0 Å². The highest BCUT2D eigenvalue weighted by Crippen LogP contribution is 2.26. The van der Waals surface area contributed by atoms with Gasteiger partial charge in [-0.25, -0.2) is 16.8 Å². The van der Waals surface area contributed by atoms with Crippen LogP contribution in [0.5, 0.6) is 0 Å². The average Bonchev–Trinajstić information content (AvgIpc) is 2.85. The molecule has 0 spiro atoms. The number of hydrogen-bond acceptors (Lipinski definition) is 5. The second-order valence-corrected chi connectivity index (χ2v) is 12.4. The largest absolute Gasteiger partial charge is 0.322 e. The Bertz CT molecular complexity index is 1690. The van der Waals surface area contributed by atoms with Gasteiger partial charge in [0.15, 0.2) is 0 Å². The highest BCUT2D eigenvalue weighted by atomic mass is 35.5. The number of benzene rings is 4. The molecule has 4 rings (SSSR count). The number of hydrogen-bond donors (Lipinski definition) is 3. The van der Waals surface area contributed by atoms with Crippen LogP contribution in [0.2, 0.25) is 10.0 Å². The first-order valence-corrected chi connectivity index (χ1v) is 14.7. The van der Waals surface area contributed by atoms with E-state index in [0.717, 1.165) is 0 Å². The number of nitrogens with one attached hydrogen (secondary N) is 3. The van der Waals surface area contributed by atoms with Gasteiger partial charge in [-0.3, -0.25) is 14.2 Å². The van der Waals surface area contributed by atoms with Crippen LogP contribution < -0.4 is 14.8 Å². The van der Waals surface area contributed by atoms with E-state index < -0.39 is 26.0 Å². The van der Waals surface area contributed by atoms with Gasteiger partial charge in [0.25, 0.3) is 26.0 Å². The Balaban J connectivity index is 1.48. The minimum absolute atomic E-state index is 0.0421. The van der Waals surface area contributed by atoms with E-state index in [9.17, 15) is 21.6 Å². The molecule has 0 heterocycles. The first kappa shape index (κ1) is 27.5. The smallest absolute Gasteiger partial charge is 0.261 e. The summed E-state index contributed by atoms with van der Waals surface area (Å²) >= 11 is 11.9. The van der Waals surface area contributed by atoms with Crippen molar-refractivity contribution in [2.45, 2.75) is 16.7 Å². The SMILES string of the molecule is Cc1ccc(C(=O)Nc2ccc(S(=O)(=O)Nc3cc(Cl)cc(Cl)c3)cc2)cc1NS(=O)(=O)c1ccccc1. The second-order valence-electron chi connectivity index (χ2n) is 8.19. The summed E-state index contributed by atoms with van der Waals surface area (Å²) in [7, 11) is -7.78. The van der Waals surface area contributed by atoms with Crippen molar-refractivity contribution < 1.29 is 21.6 Å². The molecule has 0 radical (unpaired) electrons. The van der Waals surface area contributed by atoms with Gasteiger partial charge >= 0.3 is 0 Å². The molecule has 0 aliphatic rings. The Morgan fingerprint density at radius 3 is 1.87 bits per heavy atom. The van der Waals surface area contributed by atoms with E-state index in [1.54, 1.807) is 37.3 Å². The van der Waals surface area contributed by atoms with Crippen LogP contribution in [-0.4, -0.2) is 22.7 Å². The van der Waals surface area contributed by atoms with Crippen LogP contribution in [0.3, 0.4) is 0 Å². The van der Waals surface area contributed by atoms with Crippen molar-refractivity contribution >= 4 is 66.2 Å². The zero-order chi connectivity index (χ0) is 27.5. The fourth-order valence-electron chi connectivity index (χ4n) is 3.42. The molecule has 0 saturated heterocycles. The molecule has 196 valence electrons. The Morgan fingerprint density at radius 2 is 1.24 bits per heavy atom. The van der Waals surface area contributed by atoms with Crippen LogP contribution in [0.4, 0.5) is 17.1 Å². The van der Waals surface area contributed by atoms with E-state index in [0.29, 0.717) is 11.3 Å². The minimum Gasteiger partial charge on any atom is -0.322 e. The summed E-state index contributed by atoms with van der Waals surface area (Å²) in [5.74, 6) is -0.507. The minimum atomic E-state index is -3.94. The molecule has 0 aromatic heterocycles. The molecule has 1 amide bonds. The number of amides is 1. The third-order valence-corrected chi connectivity index (χ3v) is 8.55. The molecular weight excluding hydrogens is 569 g/mol. The van der Waals surface area contributed by atoms with Gasteiger partial charge in [-0.05, 0) is 79.2 Å². The molecule has 0 bridgehead atoms. The van der Waals surface area contributed by atoms with Crippen LogP contribution in [0.25, 0.3) is 0 Å². The zero-order valence-corrected chi connectivity index (χ0v) is 22.9. The van der Waals surface area contributed by atoms with E-state index >= 15 is 0 Å². The summed E-state index contributed by atoms with van der Waals surface area (Å²) in [6.45, 7) is 1.72. The predicted molar refractivity (Wildman–Crippen MR) is 150 cm³/mol. The maximum absolute atomic E-state index is 12.9. The summed E-state index contributed by atoms with van der Waals surface area (Å²) in [6.07, 6.45) is 0. The lowest BCUT2D eigenvalue weighted by molar-refractivity contribution is 0.102. The average molecular weight is 591 g/mol. The summed E-state index contributed by atoms with van der Waals surface area (Å²) in [6, 6.07) is 22.4. The standard InChI is InChI=1S/C26H21Cl2N3O5S2/c1-17-7-8-18(13-25(17)31-38(35,36)23-5-3-2-4-6-23)26(32)29-21-9-11-24(12-10-21)37(33,34)30-22-15-19(27)14-20(28)16-22/h2-16,30-31H,1H3,(H,29,32). The number of aryl methyl sites for hydroxylation is 1. The van der Waals surface area contributed by atoms with E-state index in [-0.39, 0.29) is 36.8 Å². The molecule has 0 saturated carbocycles. The van der Waals surface area contributed by atoms with Crippen molar-refractivity contribution in [2.24, 2.45) is 0 Å². The molecule has 0 atom stereocenters. The van der Waals surface area contributed by atoms with Crippen molar-refractivity contribution in [3.8, 4) is 0 Å². The topological polar surface area (TPSA) is 121 Å². The molecule has 0 aliphatic heterocycles. The molecule has 3 N–H and O–H groups in total. The molecule has 8 nitrogen and oxygen atoms in total. The number of carbonyl (C=O) groups excluding carboxylic acids is 1. The molecule has 0 aliphatic carbocycles. The van der Waals surface area contributed by atoms with Gasteiger partial charge in [0.05, 0.1) is 21.2 Å². The number of anilines is 3. The van der Waals surface area contributed by atoms with Crippen molar-refractivity contribution in [2.75, 3.05) is 14.8 Å². The Morgan fingerprint density at radius 1 is 0.658 bits per heavy atom. The summed E-state index contributed by atoms with van der Waals surface area (Å²) in [5.41, 5.74) is 1.64. The van der Waals surface area contributed by atoms with E-state index in [2.05, 4.69) is 14.8 Å². The first-order chi connectivity index (χ1) is 17.9. The van der Waals surface area contributed by atoms with Gasteiger partial charge in [-0.15, -0.1) is 0 Å². The fraction of sp³-hybridized carbons (Fsp3) is 0.0385. The summed E-state index contributed by atoms with van der Waals surface area (Å²) in [5, 5.41) is 3.23. The lowest BCUT2D eigenvalue weighted by Gasteiger charge is -2.13. The Hall–Kier alpha value is -3.57. The van der Waals surface area contributed by atoms with E-state index in [1.807, 2.05) is 0 Å². The third-order valence-electron chi connectivity index (χ3n) is 5.33. The molecule has 38 heavy (non-hydrogen) atoms. The second kappa shape index (κ2) is 11.0. The van der Waals surface area contributed by atoms with Crippen LogP contribution >= 0.6 is 23.2 Å². The highest BCUT2D eigenvalue weighted by Gasteiger charge is 2.18. The molecule has 0 fully saturated rings. The van der Waals surface area contributed by atoms with Crippen LogP contribution in [0, 0.1) is 6.92 Å². The lowest BCUT2D eigenvalue weighted by Crippen LogP contribution is -2.16. The number of sulfonamides is 2. The zero-order valence-electron chi connectivity index (χ0n) is 19.8. The lowest BCUT2D eigenvalue weighted by atomic mass is 10.1. The normalized spacial score (nSPS) is 11.6. The highest BCUT2D eigenvalue weighted by molar-refractivity contribution is 7.93. The van der Waals surface area contributed by atoms with Gasteiger partial charge in [0.2, 0.25) is 0 Å². The molecule has 4 aromatic rings. The molecule has 0 unspecified atom stereocenters. The van der Waals surface area contributed by atoms with Crippen LogP contribution in [0.1, 0.15) is 15.9 Å². The fourth-order valence-corrected chi connectivity index (χ4v) is 6.13. The maximum atomic E-state index is 12.9. The first-order valence-electron chi connectivity index (χ1n) is 11.0. The summed E-state index contributed by atoms with van der Waals surface area (Å²) < 4.78 is 55.8. The van der Waals surface area contributed by atoms with E-state index in [1.165, 1.54) is 60.7 Å². The molecular formula is C26H21Cl2N3O5S2. The maximum Gasteiger partial charge on any atom is 0.261 e. The molecule has 12 heteroatoms. The van der Waals surface area contributed by atoms with Crippen LogP contribution in [-0.2, 0) is 20.0 Å². The summed E-state index contributed by atoms with van der Waals surface area (Å²) in [4.78, 5) is 12.9. The van der Waals surface area contributed by atoms with Gasteiger partial charge < -0.3 is 5.32 Å². The van der Waals surface area contributed by atoms with Crippen molar-refractivity contribution in [1.82, 2.24) is 0 Å². The van der Waals surface area contributed by atoms with Gasteiger partial charge in [0.1, 0.15) is 0 Å². The monoisotopic (exact) mass is 589 g/mol. The van der Waals surface area contributed by atoms with Gasteiger partial charge in [0, 0.05) is 21.3 Å². The van der Waals surface area contributed by atoms with E-state index in [4.69, 9.17) is 23.2 Å². The van der Waals surface area contributed by atoms with Crippen molar-refractivity contribution in [1.29, 1.82) is 0 Å². The van der Waals surface area contributed by atoms with Gasteiger partial charge in [-0.2, -0.15) is 0 Å². The molecule has 4 aromatic carbocycles. The predicted octanol–water partition coefficient (Wildman–Crippen LogP) is 6.16. The van der Waals surface area contributed by atoms with Crippen molar-refractivity contribution in [3.05, 3.63) is 112 Å². The number of halogens is 2. The van der Waals surface area contributed by atoms with Crippen LogP contribution in [0.15, 0.2) is 101 Å². The number of rotatable bonds is 8. The Kier molecular flexibility index (Phi) is 7.98. The quantitative estimate of drug-likeness (QED) is 0.227. The van der Waals surface area contributed by atoms with Gasteiger partial charge in [-0.1, -0.05) is 47.5 Å². The number of carbonyl (C=O) groups is 1.